The number of aliphatic hydroxyl groups is 1. The van der Waals surface area contributed by atoms with Crippen LogP contribution in [-0.2, 0) is 65.4 Å². The molecule has 0 aromatic heterocycles. The zero-order valence-electron chi connectivity index (χ0n) is 62.8. The van der Waals surface area contributed by atoms with Crippen molar-refractivity contribution in [2.45, 2.75) is 341 Å². The van der Waals surface area contributed by atoms with Crippen molar-refractivity contribution in [3.8, 4) is 0 Å². The van der Waals surface area contributed by atoms with Crippen LogP contribution in [0.4, 0.5) is 0 Å². The maximum Gasteiger partial charge on any atom is 0.472 e. The summed E-state index contributed by atoms with van der Waals surface area (Å²) in [7, 11) is -9.96. The monoisotopic (exact) mass is 1450 g/mol. The van der Waals surface area contributed by atoms with Gasteiger partial charge in [-0.15, -0.1) is 0 Å². The van der Waals surface area contributed by atoms with E-state index in [4.69, 9.17) is 37.0 Å². The molecule has 0 rings (SSSR count). The van der Waals surface area contributed by atoms with E-state index in [1.807, 2.05) is 0 Å². The summed E-state index contributed by atoms with van der Waals surface area (Å²) in [5.74, 6) is -2.23. The molecule has 0 saturated heterocycles. The number of ether oxygens (including phenoxy) is 4. The molecular formula is C81H140O17P2. The molecular weight excluding hydrogens is 1310 g/mol. The van der Waals surface area contributed by atoms with Crippen molar-refractivity contribution in [1.29, 1.82) is 0 Å². The molecule has 0 aromatic rings. The van der Waals surface area contributed by atoms with Crippen LogP contribution in [0.25, 0.3) is 0 Å². The molecule has 576 valence electrons. The Kier molecular flexibility index (Phi) is 69.9. The van der Waals surface area contributed by atoms with Gasteiger partial charge in [0.05, 0.1) is 26.4 Å². The lowest BCUT2D eigenvalue weighted by atomic mass is 10.0. The molecule has 3 N–H and O–H groups in total. The largest absolute Gasteiger partial charge is 0.472 e. The molecule has 0 aromatic carbocycles. The highest BCUT2D eigenvalue weighted by molar-refractivity contribution is 7.47. The van der Waals surface area contributed by atoms with E-state index in [1.165, 1.54) is 77.0 Å². The number of hydrogen-bond donors (Lipinski definition) is 3. The molecule has 5 unspecified atom stereocenters. The van der Waals surface area contributed by atoms with E-state index >= 15 is 0 Å². The number of hydrogen-bond acceptors (Lipinski definition) is 15. The second kappa shape index (κ2) is 73.0. The molecule has 0 bridgehead atoms. The highest BCUT2D eigenvalue weighted by atomic mass is 31.2. The Balaban J connectivity index is 5.37. The first-order chi connectivity index (χ1) is 48.7. The van der Waals surface area contributed by atoms with Crippen LogP contribution in [0, 0.1) is 0 Å². The highest BCUT2D eigenvalue weighted by Crippen LogP contribution is 2.45. The van der Waals surface area contributed by atoms with Gasteiger partial charge < -0.3 is 33.8 Å². The van der Waals surface area contributed by atoms with E-state index in [1.54, 1.807) is 0 Å². The lowest BCUT2D eigenvalue weighted by Gasteiger charge is -2.21. The van der Waals surface area contributed by atoms with Crippen LogP contribution in [0.15, 0.2) is 109 Å². The fourth-order valence-electron chi connectivity index (χ4n) is 10.3. The summed E-state index contributed by atoms with van der Waals surface area (Å²) in [5, 5.41) is 10.6. The summed E-state index contributed by atoms with van der Waals surface area (Å²) in [6.07, 6.45) is 77.9. The Bertz CT molecular complexity index is 2320. The maximum atomic E-state index is 13.1. The van der Waals surface area contributed by atoms with Crippen LogP contribution in [0.5, 0.6) is 0 Å². The lowest BCUT2D eigenvalue weighted by molar-refractivity contribution is -0.161. The molecule has 0 spiro atoms. The smallest absolute Gasteiger partial charge is 0.462 e. The van der Waals surface area contributed by atoms with E-state index in [0.717, 1.165) is 167 Å². The maximum absolute atomic E-state index is 13.1. The van der Waals surface area contributed by atoms with Gasteiger partial charge in [0.25, 0.3) is 0 Å². The molecule has 0 radical (unpaired) electrons. The molecule has 19 heteroatoms. The lowest BCUT2D eigenvalue weighted by Crippen LogP contribution is -2.30. The van der Waals surface area contributed by atoms with Gasteiger partial charge in [-0.1, -0.05) is 278 Å². The fourth-order valence-corrected chi connectivity index (χ4v) is 11.9. The number of phosphoric acid groups is 2. The first-order valence-electron chi connectivity index (χ1n) is 39.1. The quantitative estimate of drug-likeness (QED) is 0.0169. The Morgan fingerprint density at radius 3 is 0.830 bits per heavy atom. The number of phosphoric ester groups is 2. The Morgan fingerprint density at radius 1 is 0.290 bits per heavy atom. The Hall–Kier alpha value is -4.28. The zero-order chi connectivity index (χ0) is 73.2. The summed E-state index contributed by atoms with van der Waals surface area (Å²) in [6.45, 7) is 4.59. The highest BCUT2D eigenvalue weighted by Gasteiger charge is 2.30. The first kappa shape index (κ1) is 95.7. The average molecular weight is 1450 g/mol. The van der Waals surface area contributed by atoms with Crippen LogP contribution in [0.3, 0.4) is 0 Å². The van der Waals surface area contributed by atoms with Crippen molar-refractivity contribution in [3.05, 3.63) is 109 Å². The second-order valence-corrected chi connectivity index (χ2v) is 28.8. The summed E-state index contributed by atoms with van der Waals surface area (Å²) in [6, 6.07) is 0. The minimum Gasteiger partial charge on any atom is -0.462 e. The van der Waals surface area contributed by atoms with E-state index < -0.39 is 97.5 Å². The summed E-state index contributed by atoms with van der Waals surface area (Å²) >= 11 is 0. The predicted octanol–water partition coefficient (Wildman–Crippen LogP) is 22.6. The molecule has 0 amide bonds. The van der Waals surface area contributed by atoms with Gasteiger partial charge in [0.1, 0.15) is 19.3 Å². The predicted molar refractivity (Wildman–Crippen MR) is 408 cm³/mol. The van der Waals surface area contributed by atoms with Crippen LogP contribution in [0.1, 0.15) is 323 Å². The van der Waals surface area contributed by atoms with Crippen molar-refractivity contribution in [1.82, 2.24) is 0 Å². The molecule has 0 aliphatic heterocycles. The van der Waals surface area contributed by atoms with Crippen molar-refractivity contribution in [3.63, 3.8) is 0 Å². The minimum absolute atomic E-state index is 0.0803. The number of aliphatic hydroxyl groups excluding tert-OH is 1. The van der Waals surface area contributed by atoms with Crippen LogP contribution in [-0.4, -0.2) is 96.7 Å². The first-order valence-corrected chi connectivity index (χ1v) is 42.1. The van der Waals surface area contributed by atoms with Crippen molar-refractivity contribution < 1.29 is 80.2 Å². The summed E-state index contributed by atoms with van der Waals surface area (Å²) in [5.41, 5.74) is 0. The number of esters is 4. The van der Waals surface area contributed by atoms with Gasteiger partial charge in [0.15, 0.2) is 12.2 Å². The molecule has 100 heavy (non-hydrogen) atoms. The van der Waals surface area contributed by atoms with Gasteiger partial charge in [-0.3, -0.25) is 37.3 Å². The molecule has 0 heterocycles. The SMILES string of the molecule is CC/C=C\C/C=C\C/C=C\C/C=C\C/C=C\CCCCCC(=O)OCC(COP(=O)(O)OCC(O)COP(=O)(O)OCC(COC(=O)CCCCCCC/C=C\C/C=C\C/C=C\CC)OC(=O)CCCCCCC/C=C\CCCCCC)OC(=O)CCCCCCCCCCCCCCC. The van der Waals surface area contributed by atoms with Crippen molar-refractivity contribution in [2.75, 3.05) is 39.6 Å². The summed E-state index contributed by atoms with van der Waals surface area (Å²) < 4.78 is 68.5. The molecule has 17 nitrogen and oxygen atoms in total. The third-order valence-corrected chi connectivity index (χ3v) is 18.1. The molecule has 0 fully saturated rings. The van der Waals surface area contributed by atoms with Crippen LogP contribution < -0.4 is 0 Å². The number of allylic oxidation sites excluding steroid dienone is 18. The van der Waals surface area contributed by atoms with E-state index in [0.29, 0.717) is 25.7 Å². The van der Waals surface area contributed by atoms with E-state index in [-0.39, 0.29) is 25.7 Å². The average Bonchev–Trinajstić information content (AvgIpc) is 0.935. The number of unbranched alkanes of at least 4 members (excludes halogenated alkanes) is 29. The van der Waals surface area contributed by atoms with E-state index in [9.17, 15) is 43.2 Å². The Labute approximate surface area is 607 Å². The van der Waals surface area contributed by atoms with Crippen molar-refractivity contribution in [2.24, 2.45) is 0 Å². The number of carbonyl (C=O) groups excluding carboxylic acids is 4. The second-order valence-electron chi connectivity index (χ2n) is 25.9. The minimum atomic E-state index is -4.98. The zero-order valence-corrected chi connectivity index (χ0v) is 64.6. The topological polar surface area (TPSA) is 237 Å². The van der Waals surface area contributed by atoms with Crippen LogP contribution >= 0.6 is 15.6 Å². The van der Waals surface area contributed by atoms with Gasteiger partial charge in [-0.05, 0) is 128 Å². The molecule has 0 aliphatic carbocycles. The van der Waals surface area contributed by atoms with Crippen molar-refractivity contribution >= 4 is 39.5 Å². The van der Waals surface area contributed by atoms with Gasteiger partial charge in [-0.25, -0.2) is 9.13 Å². The number of rotatable bonds is 73. The van der Waals surface area contributed by atoms with Gasteiger partial charge in [-0.2, -0.15) is 0 Å². The standard InChI is InChI=1S/C81H140O17P2/c1-5-9-13-17-21-25-29-33-35-36-37-38-40-44-46-50-54-58-62-66-79(84)92-72-77(98-81(86)68-64-60-56-52-48-42-32-28-24-20-16-12-8-4)74-96-100(89,90)94-70-75(82)69-93-99(87,88)95-73-76(97-80(85)67-63-59-55-51-47-41-31-27-23-19-15-11-7-3)71-91-78(83)65-61-57-53-49-45-43-39-34-30-26-22-18-14-10-6-2/h9-10,13-14,21-22,25-27,31,33-35,37-39,44,46,75-77,82H,5-8,11-12,15-20,23-24,28-30,32,36,40-43,45,47-74H2,1-4H3,(H,87,88)(H,89,90)/b13-9-,14-10-,25-21-,26-22-,31-27-,35-33-,38-37-,39-34-,46-44-. The number of carbonyl (C=O) groups is 4. The normalized spacial score (nSPS) is 14.5. The van der Waals surface area contributed by atoms with E-state index in [2.05, 4.69) is 137 Å². The molecule has 0 saturated carbocycles. The Morgan fingerprint density at radius 2 is 0.520 bits per heavy atom. The molecule has 0 aliphatic rings. The summed E-state index contributed by atoms with van der Waals surface area (Å²) in [4.78, 5) is 72.9. The van der Waals surface area contributed by atoms with Gasteiger partial charge >= 0.3 is 39.5 Å². The third-order valence-electron chi connectivity index (χ3n) is 16.2. The van der Waals surface area contributed by atoms with Gasteiger partial charge in [0.2, 0.25) is 0 Å². The molecule has 5 atom stereocenters. The third kappa shape index (κ3) is 72.1. The van der Waals surface area contributed by atoms with Gasteiger partial charge in [0, 0.05) is 25.7 Å². The fraction of sp³-hybridized carbons (Fsp3) is 0.728. The van der Waals surface area contributed by atoms with Crippen LogP contribution in [0.2, 0.25) is 0 Å².